The first-order chi connectivity index (χ1) is 8.77. The normalized spacial score (nSPS) is 15.3. The molecule has 5 heteroatoms. The third-order valence-electron chi connectivity index (χ3n) is 3.64. The Balaban J connectivity index is 2.23. The lowest BCUT2D eigenvalue weighted by Crippen LogP contribution is -2.42. The van der Waals surface area contributed by atoms with Gasteiger partial charge < -0.3 is 15.3 Å². The van der Waals surface area contributed by atoms with Crippen LogP contribution in [0.3, 0.4) is 0 Å². The predicted molar refractivity (Wildman–Crippen MR) is 73.0 cm³/mol. The Morgan fingerprint density at radius 1 is 1.44 bits per heavy atom. The molecule has 0 amide bonds. The fourth-order valence-corrected chi connectivity index (χ4v) is 2.38. The molecule has 0 radical (unpaired) electrons. The molecule has 0 bridgehead atoms. The lowest BCUT2D eigenvalue weighted by molar-refractivity contribution is 0.282. The van der Waals surface area contributed by atoms with Crippen molar-refractivity contribution in [2.75, 3.05) is 30.4 Å². The summed E-state index contributed by atoms with van der Waals surface area (Å²) in [5.41, 5.74) is 1.09. The third-order valence-corrected chi connectivity index (χ3v) is 3.64. The van der Waals surface area contributed by atoms with Crippen molar-refractivity contribution in [3.63, 3.8) is 0 Å². The van der Waals surface area contributed by atoms with Gasteiger partial charge in [0.2, 0.25) is 0 Å². The summed E-state index contributed by atoms with van der Waals surface area (Å²) in [5.74, 6) is 1.89. The van der Waals surface area contributed by atoms with E-state index >= 15 is 0 Å². The molecule has 2 rings (SSSR count). The molecule has 1 aromatic heterocycles. The van der Waals surface area contributed by atoms with Crippen LogP contribution in [0, 0.1) is 6.92 Å². The van der Waals surface area contributed by atoms with Crippen LogP contribution in [-0.2, 0) is 0 Å². The van der Waals surface area contributed by atoms with Crippen LogP contribution in [0.5, 0.6) is 0 Å². The molecule has 100 valence electrons. The summed E-state index contributed by atoms with van der Waals surface area (Å²) in [5, 5.41) is 12.1. The number of hydrogen-bond acceptors (Lipinski definition) is 5. The maximum atomic E-state index is 9.03. The number of nitrogens with one attached hydrogen (secondary N) is 1. The molecule has 0 unspecified atom stereocenters. The van der Waals surface area contributed by atoms with E-state index in [2.05, 4.69) is 20.2 Å². The third kappa shape index (κ3) is 2.56. The maximum absolute atomic E-state index is 9.03. The first-order valence-electron chi connectivity index (χ1n) is 6.64. The van der Waals surface area contributed by atoms with E-state index in [1.54, 1.807) is 6.33 Å². The van der Waals surface area contributed by atoms with Gasteiger partial charge in [0.05, 0.1) is 0 Å². The number of hydrogen-bond donors (Lipinski definition) is 2. The average Bonchev–Trinajstić information content (AvgIpc) is 2.32. The van der Waals surface area contributed by atoms with Crippen LogP contribution in [0.2, 0.25) is 0 Å². The van der Waals surface area contributed by atoms with Crippen molar-refractivity contribution in [2.24, 2.45) is 0 Å². The van der Waals surface area contributed by atoms with Crippen molar-refractivity contribution in [2.45, 2.75) is 38.6 Å². The van der Waals surface area contributed by atoms with Gasteiger partial charge in [-0.25, -0.2) is 9.97 Å². The van der Waals surface area contributed by atoms with Gasteiger partial charge in [-0.1, -0.05) is 0 Å². The van der Waals surface area contributed by atoms with Crippen molar-refractivity contribution in [3.8, 4) is 0 Å². The van der Waals surface area contributed by atoms with Gasteiger partial charge in [0, 0.05) is 31.8 Å². The van der Waals surface area contributed by atoms with Crippen LogP contribution >= 0.6 is 0 Å². The molecule has 1 heterocycles. The van der Waals surface area contributed by atoms with E-state index < -0.39 is 0 Å². The standard InChI is InChI=1S/C13H22N4O/c1-10-12(14-2)15-9-16-13(10)17(7-4-8-18)11-5-3-6-11/h9,11,18H,3-8H2,1-2H3,(H,14,15,16). The van der Waals surface area contributed by atoms with Gasteiger partial charge in [0.1, 0.15) is 18.0 Å². The van der Waals surface area contributed by atoms with Gasteiger partial charge in [0.15, 0.2) is 0 Å². The van der Waals surface area contributed by atoms with Gasteiger partial charge >= 0.3 is 0 Å². The second kappa shape index (κ2) is 6.00. The Hall–Kier alpha value is -1.36. The molecule has 1 aliphatic carbocycles. The number of nitrogens with zero attached hydrogens (tertiary/aromatic N) is 3. The van der Waals surface area contributed by atoms with E-state index in [9.17, 15) is 0 Å². The second-order valence-corrected chi connectivity index (χ2v) is 4.78. The highest BCUT2D eigenvalue weighted by Gasteiger charge is 2.27. The van der Waals surface area contributed by atoms with Crippen LogP contribution < -0.4 is 10.2 Å². The van der Waals surface area contributed by atoms with Gasteiger partial charge in [-0.3, -0.25) is 0 Å². The highest BCUT2D eigenvalue weighted by Crippen LogP contribution is 2.31. The zero-order chi connectivity index (χ0) is 13.0. The number of aromatic nitrogens is 2. The van der Waals surface area contributed by atoms with E-state index in [4.69, 9.17) is 5.11 Å². The SMILES string of the molecule is CNc1ncnc(N(CCCO)C2CCC2)c1C. The Kier molecular flexibility index (Phi) is 4.36. The Bertz CT molecular complexity index is 393. The van der Waals surface area contributed by atoms with E-state index in [1.165, 1.54) is 19.3 Å². The number of aliphatic hydroxyl groups excluding tert-OH is 1. The molecule has 0 aliphatic heterocycles. The van der Waals surface area contributed by atoms with Gasteiger partial charge in [-0.15, -0.1) is 0 Å². The van der Waals surface area contributed by atoms with Crippen molar-refractivity contribution in [1.82, 2.24) is 9.97 Å². The summed E-state index contributed by atoms with van der Waals surface area (Å²) in [6.45, 7) is 3.14. The molecule has 1 aliphatic rings. The van der Waals surface area contributed by atoms with E-state index in [0.29, 0.717) is 6.04 Å². The molecule has 1 fully saturated rings. The smallest absolute Gasteiger partial charge is 0.137 e. The predicted octanol–water partition coefficient (Wildman–Crippen LogP) is 1.57. The lowest BCUT2D eigenvalue weighted by Gasteiger charge is -2.39. The first-order valence-corrected chi connectivity index (χ1v) is 6.64. The van der Waals surface area contributed by atoms with Gasteiger partial charge in [0.25, 0.3) is 0 Å². The Labute approximate surface area is 108 Å². The molecule has 0 atom stereocenters. The number of aliphatic hydroxyl groups is 1. The van der Waals surface area contributed by atoms with Crippen LogP contribution in [0.25, 0.3) is 0 Å². The Morgan fingerprint density at radius 3 is 2.78 bits per heavy atom. The zero-order valence-electron chi connectivity index (χ0n) is 11.2. The Morgan fingerprint density at radius 2 is 2.22 bits per heavy atom. The van der Waals surface area contributed by atoms with Gasteiger partial charge in [-0.05, 0) is 32.6 Å². The fourth-order valence-electron chi connectivity index (χ4n) is 2.38. The quantitative estimate of drug-likeness (QED) is 0.802. The highest BCUT2D eigenvalue weighted by atomic mass is 16.3. The molecule has 0 saturated heterocycles. The van der Waals surface area contributed by atoms with Crippen molar-refractivity contribution in [3.05, 3.63) is 11.9 Å². The summed E-state index contributed by atoms with van der Waals surface area (Å²) in [7, 11) is 1.88. The molecule has 0 aromatic carbocycles. The molecule has 1 saturated carbocycles. The van der Waals surface area contributed by atoms with Gasteiger partial charge in [-0.2, -0.15) is 0 Å². The maximum Gasteiger partial charge on any atom is 0.137 e. The topological polar surface area (TPSA) is 61.3 Å². The summed E-state index contributed by atoms with van der Waals surface area (Å²) >= 11 is 0. The second-order valence-electron chi connectivity index (χ2n) is 4.78. The molecular formula is C13H22N4O. The minimum absolute atomic E-state index is 0.228. The van der Waals surface area contributed by atoms with Crippen molar-refractivity contribution < 1.29 is 5.11 Å². The lowest BCUT2D eigenvalue weighted by atomic mass is 9.91. The minimum Gasteiger partial charge on any atom is -0.396 e. The monoisotopic (exact) mass is 250 g/mol. The largest absolute Gasteiger partial charge is 0.396 e. The zero-order valence-corrected chi connectivity index (χ0v) is 11.2. The summed E-state index contributed by atoms with van der Waals surface area (Å²) in [6.07, 6.45) is 6.14. The van der Waals surface area contributed by atoms with E-state index in [1.807, 2.05) is 14.0 Å². The van der Waals surface area contributed by atoms with Crippen LogP contribution in [0.15, 0.2) is 6.33 Å². The number of rotatable bonds is 6. The van der Waals surface area contributed by atoms with Crippen LogP contribution in [-0.4, -0.2) is 41.3 Å². The first kappa shape index (κ1) is 13.1. The molecular weight excluding hydrogens is 228 g/mol. The van der Waals surface area contributed by atoms with E-state index in [-0.39, 0.29) is 6.61 Å². The molecule has 1 aromatic rings. The van der Waals surface area contributed by atoms with E-state index in [0.717, 1.165) is 30.2 Å². The van der Waals surface area contributed by atoms with Crippen LogP contribution in [0.4, 0.5) is 11.6 Å². The van der Waals surface area contributed by atoms with Crippen LogP contribution in [0.1, 0.15) is 31.2 Å². The molecule has 18 heavy (non-hydrogen) atoms. The summed E-state index contributed by atoms with van der Waals surface area (Å²) in [6, 6.07) is 0.579. The average molecular weight is 250 g/mol. The summed E-state index contributed by atoms with van der Waals surface area (Å²) in [4.78, 5) is 11.0. The molecule has 0 spiro atoms. The minimum atomic E-state index is 0.228. The summed E-state index contributed by atoms with van der Waals surface area (Å²) < 4.78 is 0. The van der Waals surface area contributed by atoms with Crippen molar-refractivity contribution in [1.29, 1.82) is 0 Å². The number of anilines is 2. The molecule has 5 nitrogen and oxygen atoms in total. The molecule has 2 N–H and O–H groups in total. The fraction of sp³-hybridized carbons (Fsp3) is 0.692. The van der Waals surface area contributed by atoms with Crippen molar-refractivity contribution >= 4 is 11.6 Å². The highest BCUT2D eigenvalue weighted by molar-refractivity contribution is 5.58.